The monoisotopic (exact) mass is 246 g/mol. The zero-order valence-electron chi connectivity index (χ0n) is 11.0. The second-order valence-corrected chi connectivity index (χ2v) is 4.73. The molecule has 3 aromatic rings. The van der Waals surface area contributed by atoms with Gasteiger partial charge in [0.1, 0.15) is 0 Å². The van der Waals surface area contributed by atoms with E-state index in [0.29, 0.717) is 5.56 Å². The van der Waals surface area contributed by atoms with Gasteiger partial charge in [-0.05, 0) is 30.7 Å². The molecule has 2 aromatic carbocycles. The summed E-state index contributed by atoms with van der Waals surface area (Å²) < 4.78 is 2.21. The highest BCUT2D eigenvalue weighted by atomic mass is 14.9. The Hall–Kier alpha value is -2.53. The largest absolute Gasteiger partial charge is 0.347 e. The van der Waals surface area contributed by atoms with E-state index in [1.54, 1.807) is 0 Å². The van der Waals surface area contributed by atoms with Gasteiger partial charge in [0, 0.05) is 29.2 Å². The molecule has 0 aliphatic heterocycles. The number of fused-ring (bicyclic) bond motifs is 1. The van der Waals surface area contributed by atoms with Crippen LogP contribution in [0.1, 0.15) is 11.3 Å². The standard InChI is InChI=1S/C17H14N2/c1-12-17(14-9-7-13(11-18)8-10-14)15-5-3-4-6-16(15)19(12)2/h3-10H,1-2H3. The fourth-order valence-electron chi connectivity index (χ4n) is 2.60. The van der Waals surface area contributed by atoms with Crippen LogP contribution in [0.15, 0.2) is 48.5 Å². The molecule has 0 amide bonds. The highest BCUT2D eigenvalue weighted by Gasteiger charge is 2.12. The van der Waals surface area contributed by atoms with Gasteiger partial charge in [-0.25, -0.2) is 0 Å². The lowest BCUT2D eigenvalue weighted by Crippen LogP contribution is -1.90. The second-order valence-electron chi connectivity index (χ2n) is 4.73. The summed E-state index contributed by atoms with van der Waals surface area (Å²) in [6, 6.07) is 18.4. The van der Waals surface area contributed by atoms with Gasteiger partial charge in [-0.15, -0.1) is 0 Å². The fourth-order valence-corrected chi connectivity index (χ4v) is 2.60. The van der Waals surface area contributed by atoms with Crippen LogP contribution in [0, 0.1) is 18.3 Å². The number of para-hydroxylation sites is 1. The van der Waals surface area contributed by atoms with E-state index in [4.69, 9.17) is 5.26 Å². The first kappa shape index (κ1) is 11.6. The minimum atomic E-state index is 0.696. The van der Waals surface area contributed by atoms with E-state index in [-0.39, 0.29) is 0 Å². The van der Waals surface area contributed by atoms with Crippen LogP contribution in [0.2, 0.25) is 0 Å². The summed E-state index contributed by atoms with van der Waals surface area (Å²) >= 11 is 0. The van der Waals surface area contributed by atoms with Gasteiger partial charge in [0.15, 0.2) is 0 Å². The summed E-state index contributed by atoms with van der Waals surface area (Å²) in [6.07, 6.45) is 0. The zero-order valence-corrected chi connectivity index (χ0v) is 11.0. The van der Waals surface area contributed by atoms with Gasteiger partial charge in [-0.3, -0.25) is 0 Å². The molecule has 0 N–H and O–H groups in total. The molecular formula is C17H14N2. The molecule has 0 bridgehead atoms. The minimum absolute atomic E-state index is 0.696. The molecule has 1 heterocycles. The number of rotatable bonds is 1. The molecule has 0 atom stereocenters. The van der Waals surface area contributed by atoms with Crippen LogP contribution in [0.25, 0.3) is 22.0 Å². The molecule has 92 valence electrons. The topological polar surface area (TPSA) is 28.7 Å². The van der Waals surface area contributed by atoms with Crippen LogP contribution in [0.5, 0.6) is 0 Å². The molecule has 0 aliphatic rings. The Kier molecular flexibility index (Phi) is 2.61. The van der Waals surface area contributed by atoms with Gasteiger partial charge in [-0.1, -0.05) is 30.3 Å². The lowest BCUT2D eigenvalue weighted by atomic mass is 10.0. The Morgan fingerprint density at radius 3 is 2.37 bits per heavy atom. The molecule has 0 radical (unpaired) electrons. The van der Waals surface area contributed by atoms with Gasteiger partial charge in [0.25, 0.3) is 0 Å². The summed E-state index contributed by atoms with van der Waals surface area (Å²) in [5.74, 6) is 0. The Labute approximate surface area is 112 Å². The minimum Gasteiger partial charge on any atom is -0.347 e. The average molecular weight is 246 g/mol. The van der Waals surface area contributed by atoms with Crippen molar-refractivity contribution in [3.05, 3.63) is 59.8 Å². The third-order valence-electron chi connectivity index (χ3n) is 3.70. The Morgan fingerprint density at radius 1 is 1.00 bits per heavy atom. The molecule has 0 saturated carbocycles. The highest BCUT2D eigenvalue weighted by molar-refractivity contribution is 5.98. The molecule has 0 unspecified atom stereocenters. The molecule has 2 nitrogen and oxygen atoms in total. The molecule has 0 saturated heterocycles. The van der Waals surface area contributed by atoms with Crippen molar-refractivity contribution in [2.45, 2.75) is 6.92 Å². The van der Waals surface area contributed by atoms with Crippen LogP contribution in [-0.4, -0.2) is 4.57 Å². The van der Waals surface area contributed by atoms with E-state index >= 15 is 0 Å². The molecular weight excluding hydrogens is 232 g/mol. The van der Waals surface area contributed by atoms with Crippen LogP contribution >= 0.6 is 0 Å². The maximum Gasteiger partial charge on any atom is 0.0991 e. The third kappa shape index (κ3) is 1.71. The van der Waals surface area contributed by atoms with Crippen molar-refractivity contribution in [2.75, 3.05) is 0 Å². The van der Waals surface area contributed by atoms with E-state index in [1.165, 1.54) is 22.2 Å². The summed E-state index contributed by atoms with van der Waals surface area (Å²) in [4.78, 5) is 0. The van der Waals surface area contributed by atoms with Crippen LogP contribution in [0.4, 0.5) is 0 Å². The van der Waals surface area contributed by atoms with E-state index in [0.717, 1.165) is 5.56 Å². The van der Waals surface area contributed by atoms with E-state index in [9.17, 15) is 0 Å². The first-order chi connectivity index (χ1) is 9.22. The van der Waals surface area contributed by atoms with Crippen molar-refractivity contribution in [2.24, 2.45) is 7.05 Å². The Morgan fingerprint density at radius 2 is 1.68 bits per heavy atom. The summed E-state index contributed by atoms with van der Waals surface area (Å²) in [5, 5.41) is 10.1. The van der Waals surface area contributed by atoms with E-state index in [1.807, 2.05) is 24.3 Å². The number of hydrogen-bond donors (Lipinski definition) is 0. The number of aryl methyl sites for hydroxylation is 1. The van der Waals surface area contributed by atoms with Crippen molar-refractivity contribution >= 4 is 10.9 Å². The number of hydrogen-bond acceptors (Lipinski definition) is 1. The van der Waals surface area contributed by atoms with Gasteiger partial charge < -0.3 is 4.57 Å². The zero-order chi connectivity index (χ0) is 13.4. The van der Waals surface area contributed by atoms with Crippen molar-refractivity contribution < 1.29 is 0 Å². The molecule has 0 aliphatic carbocycles. The quantitative estimate of drug-likeness (QED) is 0.637. The second kappa shape index (κ2) is 4.29. The molecule has 0 fully saturated rings. The SMILES string of the molecule is Cc1c(-c2ccc(C#N)cc2)c2ccccc2n1C. The van der Waals surface area contributed by atoms with Crippen LogP contribution in [-0.2, 0) is 7.05 Å². The molecule has 19 heavy (non-hydrogen) atoms. The molecule has 3 rings (SSSR count). The first-order valence-corrected chi connectivity index (χ1v) is 6.27. The van der Waals surface area contributed by atoms with Crippen molar-refractivity contribution in [1.29, 1.82) is 5.26 Å². The predicted molar refractivity (Wildman–Crippen MR) is 77.8 cm³/mol. The smallest absolute Gasteiger partial charge is 0.0991 e. The van der Waals surface area contributed by atoms with Gasteiger partial charge in [0.2, 0.25) is 0 Å². The molecule has 2 heteroatoms. The molecule has 1 aromatic heterocycles. The maximum atomic E-state index is 8.88. The molecule has 0 spiro atoms. The van der Waals surface area contributed by atoms with Crippen molar-refractivity contribution in [3.8, 4) is 17.2 Å². The third-order valence-corrected chi connectivity index (χ3v) is 3.70. The fraction of sp³-hybridized carbons (Fsp3) is 0.118. The Bertz CT molecular complexity index is 786. The van der Waals surface area contributed by atoms with Gasteiger partial charge >= 0.3 is 0 Å². The predicted octanol–water partition coefficient (Wildman–Crippen LogP) is 4.03. The number of nitrogens with zero attached hydrogens (tertiary/aromatic N) is 2. The number of benzene rings is 2. The normalized spacial score (nSPS) is 10.6. The number of aromatic nitrogens is 1. The van der Waals surface area contributed by atoms with E-state index in [2.05, 4.69) is 48.9 Å². The van der Waals surface area contributed by atoms with Crippen molar-refractivity contribution in [3.63, 3.8) is 0 Å². The highest BCUT2D eigenvalue weighted by Crippen LogP contribution is 2.33. The lowest BCUT2D eigenvalue weighted by molar-refractivity contribution is 0.919. The van der Waals surface area contributed by atoms with E-state index < -0.39 is 0 Å². The van der Waals surface area contributed by atoms with Crippen LogP contribution < -0.4 is 0 Å². The first-order valence-electron chi connectivity index (χ1n) is 6.27. The van der Waals surface area contributed by atoms with Gasteiger partial charge in [0.05, 0.1) is 11.6 Å². The lowest BCUT2D eigenvalue weighted by Gasteiger charge is -2.03. The summed E-state index contributed by atoms with van der Waals surface area (Å²) in [5.41, 5.74) is 5.59. The Balaban J connectivity index is 2.30. The summed E-state index contributed by atoms with van der Waals surface area (Å²) in [6.45, 7) is 2.13. The number of nitriles is 1. The van der Waals surface area contributed by atoms with Crippen molar-refractivity contribution in [1.82, 2.24) is 4.57 Å². The summed E-state index contributed by atoms with van der Waals surface area (Å²) in [7, 11) is 2.09. The van der Waals surface area contributed by atoms with Crippen LogP contribution in [0.3, 0.4) is 0 Å². The van der Waals surface area contributed by atoms with Gasteiger partial charge in [-0.2, -0.15) is 5.26 Å². The average Bonchev–Trinajstić information content (AvgIpc) is 2.72. The maximum absolute atomic E-state index is 8.88.